The largest absolute Gasteiger partial charge is 0.394 e. The molecule has 2 unspecified atom stereocenters. The molecule has 0 radical (unpaired) electrons. The van der Waals surface area contributed by atoms with Crippen LogP contribution in [0.25, 0.3) is 0 Å². The Bertz CT molecular complexity index is 997. The minimum atomic E-state index is -1.48. The molecule has 0 aromatic rings. The van der Waals surface area contributed by atoms with Crippen molar-refractivity contribution in [2.45, 2.75) is 313 Å². The Labute approximate surface area is 382 Å². The summed E-state index contributed by atoms with van der Waals surface area (Å²) in [5.74, 6) is -0.181. The lowest BCUT2D eigenvalue weighted by Crippen LogP contribution is -2.59. The standard InChI is InChI=1S/C53H103NO8/c1-3-5-7-9-11-13-15-17-18-19-20-21-22-23-24-25-26-27-28-29-31-33-35-37-39-41-49(57)54-45(42-43-47-51(59)53(61)52(60)48(44-55)62-47)50(58)46(56)40-38-36-34-32-30-16-14-12-10-8-6-4-2/h26-27,45-48,50-53,55-56,58-61H,3-25,28-44H2,1-2H3,(H,54,57)/b27-26+/t45-,46+,47-,48?,50-,51?,52-,53+/m0/s1. The molecule has 0 spiro atoms. The van der Waals surface area contributed by atoms with Crippen molar-refractivity contribution in [2.75, 3.05) is 6.61 Å². The van der Waals surface area contributed by atoms with Gasteiger partial charge in [-0.1, -0.05) is 219 Å². The maximum atomic E-state index is 13.1. The summed E-state index contributed by atoms with van der Waals surface area (Å²) in [5, 5.41) is 65.9. The van der Waals surface area contributed by atoms with Gasteiger partial charge in [0.05, 0.1) is 31.0 Å². The van der Waals surface area contributed by atoms with Crippen LogP contribution in [0, 0.1) is 0 Å². The van der Waals surface area contributed by atoms with Gasteiger partial charge in [-0.25, -0.2) is 0 Å². The van der Waals surface area contributed by atoms with Gasteiger partial charge in [0.2, 0.25) is 5.91 Å². The van der Waals surface area contributed by atoms with Crippen LogP contribution in [0.1, 0.15) is 264 Å². The second-order valence-corrected chi connectivity index (χ2v) is 19.2. The molecule has 1 rings (SSSR count). The number of hydrogen-bond donors (Lipinski definition) is 7. The molecule has 1 amide bonds. The van der Waals surface area contributed by atoms with Gasteiger partial charge in [-0.2, -0.15) is 0 Å². The molecule has 1 fully saturated rings. The van der Waals surface area contributed by atoms with E-state index in [1.54, 1.807) is 0 Å². The molecule has 1 heterocycles. The third-order valence-electron chi connectivity index (χ3n) is 13.4. The first kappa shape index (κ1) is 58.9. The van der Waals surface area contributed by atoms with E-state index < -0.39 is 55.4 Å². The number of aliphatic hydroxyl groups is 6. The van der Waals surface area contributed by atoms with E-state index in [0.29, 0.717) is 12.8 Å². The Kier molecular flexibility index (Phi) is 40.5. The van der Waals surface area contributed by atoms with Gasteiger partial charge in [0, 0.05) is 6.42 Å². The molecule has 8 atom stereocenters. The fourth-order valence-electron chi connectivity index (χ4n) is 9.13. The molecule has 1 saturated heterocycles. The van der Waals surface area contributed by atoms with Crippen molar-refractivity contribution in [1.29, 1.82) is 0 Å². The summed E-state index contributed by atoms with van der Waals surface area (Å²) in [6.07, 6.45) is 41.6. The fraction of sp³-hybridized carbons (Fsp3) is 0.943. The summed E-state index contributed by atoms with van der Waals surface area (Å²) >= 11 is 0. The van der Waals surface area contributed by atoms with Gasteiger partial charge in [-0.05, 0) is 51.4 Å². The summed E-state index contributed by atoms with van der Waals surface area (Å²) in [5.41, 5.74) is 0. The number of ether oxygens (including phenoxy) is 1. The van der Waals surface area contributed by atoms with E-state index in [4.69, 9.17) is 4.74 Å². The maximum absolute atomic E-state index is 13.1. The zero-order valence-electron chi connectivity index (χ0n) is 40.6. The molecule has 368 valence electrons. The third kappa shape index (κ3) is 31.7. The van der Waals surface area contributed by atoms with E-state index in [-0.39, 0.29) is 18.7 Å². The second kappa shape index (κ2) is 42.6. The Hall–Kier alpha value is -1.07. The molecular weight excluding hydrogens is 779 g/mol. The molecule has 1 aliphatic rings. The molecule has 0 bridgehead atoms. The van der Waals surface area contributed by atoms with E-state index in [2.05, 4.69) is 31.3 Å². The van der Waals surface area contributed by atoms with E-state index in [1.807, 2.05) is 0 Å². The Balaban J connectivity index is 2.26. The zero-order valence-corrected chi connectivity index (χ0v) is 40.6. The number of aliphatic hydroxyl groups excluding tert-OH is 6. The Morgan fingerprint density at radius 1 is 0.500 bits per heavy atom. The van der Waals surface area contributed by atoms with E-state index >= 15 is 0 Å². The monoisotopic (exact) mass is 882 g/mol. The van der Waals surface area contributed by atoms with Crippen LogP contribution in [0.5, 0.6) is 0 Å². The summed E-state index contributed by atoms with van der Waals surface area (Å²) in [7, 11) is 0. The average molecular weight is 882 g/mol. The highest BCUT2D eigenvalue weighted by Crippen LogP contribution is 2.26. The van der Waals surface area contributed by atoms with Gasteiger partial charge in [0.25, 0.3) is 0 Å². The highest BCUT2D eigenvalue weighted by molar-refractivity contribution is 5.76. The molecule has 0 aromatic heterocycles. The molecule has 0 saturated carbocycles. The number of carbonyl (C=O) groups excluding carboxylic acids is 1. The van der Waals surface area contributed by atoms with Crippen LogP contribution in [-0.2, 0) is 9.53 Å². The van der Waals surface area contributed by atoms with Crippen molar-refractivity contribution >= 4 is 5.91 Å². The van der Waals surface area contributed by atoms with Crippen LogP contribution >= 0.6 is 0 Å². The molecule has 9 nitrogen and oxygen atoms in total. The van der Waals surface area contributed by atoms with Crippen LogP contribution in [0.4, 0.5) is 0 Å². The summed E-state index contributed by atoms with van der Waals surface area (Å²) in [4.78, 5) is 13.1. The normalized spacial score (nSPS) is 20.8. The van der Waals surface area contributed by atoms with Gasteiger partial charge in [0.15, 0.2) is 0 Å². The minimum Gasteiger partial charge on any atom is -0.394 e. The zero-order chi connectivity index (χ0) is 45.3. The molecule has 7 N–H and O–H groups in total. The van der Waals surface area contributed by atoms with Crippen LogP contribution in [0.3, 0.4) is 0 Å². The summed E-state index contributed by atoms with van der Waals surface area (Å²) in [6.45, 7) is 4.01. The maximum Gasteiger partial charge on any atom is 0.220 e. The van der Waals surface area contributed by atoms with Crippen molar-refractivity contribution in [3.05, 3.63) is 12.2 Å². The fourth-order valence-corrected chi connectivity index (χ4v) is 9.13. The predicted octanol–water partition coefficient (Wildman–Crippen LogP) is 11.8. The van der Waals surface area contributed by atoms with Gasteiger partial charge >= 0.3 is 0 Å². The van der Waals surface area contributed by atoms with Crippen LogP contribution in [0.15, 0.2) is 12.2 Å². The number of carbonyl (C=O) groups is 1. The quantitative estimate of drug-likeness (QED) is 0.0235. The molecule has 0 aliphatic carbocycles. The van der Waals surface area contributed by atoms with Crippen LogP contribution in [-0.4, -0.2) is 91.9 Å². The SMILES string of the molecule is CCCCCCCCCCCCCCCCC/C=C/CCCCCCCCC(=O)N[C@@H](CC[C@@H]1OC(CO)[C@H](O)[C@H](O)C1O)[C@H](O)[C@H](O)CCCCCCCCCCCCCC. The van der Waals surface area contributed by atoms with Crippen molar-refractivity contribution in [3.8, 4) is 0 Å². The topological polar surface area (TPSA) is 160 Å². The Morgan fingerprint density at radius 3 is 1.29 bits per heavy atom. The minimum absolute atomic E-state index is 0.156. The highest BCUT2D eigenvalue weighted by Gasteiger charge is 2.43. The third-order valence-corrected chi connectivity index (χ3v) is 13.4. The smallest absolute Gasteiger partial charge is 0.220 e. The first-order valence-corrected chi connectivity index (χ1v) is 26.9. The van der Waals surface area contributed by atoms with Crippen LogP contribution in [0.2, 0.25) is 0 Å². The lowest BCUT2D eigenvalue weighted by molar-refractivity contribution is -0.231. The van der Waals surface area contributed by atoms with Gasteiger partial charge in [-0.3, -0.25) is 4.79 Å². The van der Waals surface area contributed by atoms with Crippen molar-refractivity contribution in [1.82, 2.24) is 5.32 Å². The number of unbranched alkanes of at least 4 members (excludes halogenated alkanes) is 32. The Morgan fingerprint density at radius 2 is 0.871 bits per heavy atom. The highest BCUT2D eigenvalue weighted by atomic mass is 16.5. The van der Waals surface area contributed by atoms with Gasteiger partial charge in [0.1, 0.15) is 24.4 Å². The predicted molar refractivity (Wildman–Crippen MR) is 258 cm³/mol. The van der Waals surface area contributed by atoms with E-state index in [0.717, 1.165) is 51.4 Å². The second-order valence-electron chi connectivity index (χ2n) is 19.2. The van der Waals surface area contributed by atoms with E-state index in [1.165, 1.54) is 173 Å². The summed E-state index contributed by atoms with van der Waals surface area (Å²) < 4.78 is 5.69. The van der Waals surface area contributed by atoms with E-state index in [9.17, 15) is 35.4 Å². The number of rotatable bonds is 45. The lowest BCUT2D eigenvalue weighted by atomic mass is 9.90. The van der Waals surface area contributed by atoms with Crippen molar-refractivity contribution in [3.63, 3.8) is 0 Å². The lowest BCUT2D eigenvalue weighted by Gasteiger charge is -2.40. The van der Waals surface area contributed by atoms with Crippen molar-refractivity contribution in [2.24, 2.45) is 0 Å². The first-order chi connectivity index (χ1) is 30.3. The van der Waals surface area contributed by atoms with Crippen molar-refractivity contribution < 1.29 is 40.2 Å². The number of amides is 1. The van der Waals surface area contributed by atoms with Gasteiger partial charge in [-0.15, -0.1) is 0 Å². The molecule has 0 aromatic carbocycles. The molecular formula is C53H103NO8. The van der Waals surface area contributed by atoms with Gasteiger partial charge < -0.3 is 40.7 Å². The molecule has 62 heavy (non-hydrogen) atoms. The average Bonchev–Trinajstić information content (AvgIpc) is 3.27. The first-order valence-electron chi connectivity index (χ1n) is 26.9. The number of allylic oxidation sites excluding steroid dienone is 2. The summed E-state index contributed by atoms with van der Waals surface area (Å²) in [6, 6.07) is -0.769. The molecule has 1 aliphatic heterocycles. The number of nitrogens with one attached hydrogen (secondary N) is 1. The molecule has 9 heteroatoms. The van der Waals surface area contributed by atoms with Crippen LogP contribution < -0.4 is 5.32 Å². The number of hydrogen-bond acceptors (Lipinski definition) is 8.